The van der Waals surface area contributed by atoms with Gasteiger partial charge in [-0.05, 0) is 42.8 Å². The average Bonchev–Trinajstić information content (AvgIpc) is 2.57. The molecule has 0 radical (unpaired) electrons. The minimum absolute atomic E-state index is 0.463. The van der Waals surface area contributed by atoms with E-state index in [1.165, 1.54) is 0 Å². The normalized spacial score (nSPS) is 11.0. The monoisotopic (exact) mass is 331 g/mol. The number of hydrogen-bond acceptors (Lipinski definition) is 2. The van der Waals surface area contributed by atoms with Crippen molar-refractivity contribution in [3.63, 3.8) is 0 Å². The van der Waals surface area contributed by atoms with E-state index in [1.54, 1.807) is 0 Å². The number of benzene rings is 2. The zero-order valence-electron chi connectivity index (χ0n) is 12.1. The molecule has 0 aliphatic heterocycles. The van der Waals surface area contributed by atoms with Crippen LogP contribution >= 0.6 is 23.8 Å². The average molecular weight is 332 g/mol. The Balaban J connectivity index is 2.01. The molecule has 0 atom stereocenters. The zero-order chi connectivity index (χ0) is 15.6. The van der Waals surface area contributed by atoms with E-state index in [0.29, 0.717) is 11.0 Å². The fourth-order valence-electron chi connectivity index (χ4n) is 1.93. The number of alkyl halides is 1. The van der Waals surface area contributed by atoms with Gasteiger partial charge in [-0.15, -0.1) is 11.6 Å². The molecule has 0 amide bonds. The maximum absolute atomic E-state index is 5.79. The SMILES string of the molecule is S=C(NN=C(CCCCl)c1ccccc1)Nc1ccccc1. The molecule has 0 unspecified atom stereocenters. The highest BCUT2D eigenvalue weighted by Gasteiger charge is 2.04. The lowest BCUT2D eigenvalue weighted by atomic mass is 10.1. The molecule has 22 heavy (non-hydrogen) atoms. The van der Waals surface area contributed by atoms with Gasteiger partial charge in [-0.1, -0.05) is 48.5 Å². The Morgan fingerprint density at radius 2 is 1.64 bits per heavy atom. The fourth-order valence-corrected chi connectivity index (χ4v) is 2.23. The van der Waals surface area contributed by atoms with Crippen molar-refractivity contribution < 1.29 is 0 Å². The van der Waals surface area contributed by atoms with Gasteiger partial charge in [0.15, 0.2) is 5.11 Å². The lowest BCUT2D eigenvalue weighted by Gasteiger charge is -2.10. The molecule has 2 aromatic carbocycles. The number of halogens is 1. The topological polar surface area (TPSA) is 36.4 Å². The van der Waals surface area contributed by atoms with Crippen LogP contribution in [-0.2, 0) is 0 Å². The van der Waals surface area contributed by atoms with Crippen molar-refractivity contribution in [3.05, 3.63) is 66.2 Å². The number of hydrazone groups is 1. The maximum atomic E-state index is 5.79. The number of para-hydroxylation sites is 1. The van der Waals surface area contributed by atoms with Crippen LogP contribution in [0.3, 0.4) is 0 Å². The Morgan fingerprint density at radius 3 is 2.27 bits per heavy atom. The molecule has 3 nitrogen and oxygen atoms in total. The number of thiocarbonyl (C=S) groups is 1. The number of hydrogen-bond donors (Lipinski definition) is 2. The zero-order valence-corrected chi connectivity index (χ0v) is 13.7. The summed E-state index contributed by atoms with van der Waals surface area (Å²) in [6.07, 6.45) is 1.67. The van der Waals surface area contributed by atoms with Gasteiger partial charge in [-0.3, -0.25) is 5.43 Å². The Labute approximate surface area is 141 Å². The molecule has 114 valence electrons. The third-order valence-electron chi connectivity index (χ3n) is 2.98. The molecule has 0 aliphatic carbocycles. The van der Waals surface area contributed by atoms with Crippen molar-refractivity contribution in [2.45, 2.75) is 12.8 Å². The Hall–Kier alpha value is -1.91. The summed E-state index contributed by atoms with van der Waals surface area (Å²) < 4.78 is 0. The largest absolute Gasteiger partial charge is 0.331 e. The second-order valence-corrected chi connectivity index (χ2v) is 5.44. The van der Waals surface area contributed by atoms with Crippen LogP contribution in [-0.4, -0.2) is 16.7 Å². The van der Waals surface area contributed by atoms with Crippen LogP contribution in [0.2, 0.25) is 0 Å². The molecule has 0 saturated heterocycles. The molecule has 0 aliphatic rings. The number of nitrogens with one attached hydrogen (secondary N) is 2. The lowest BCUT2D eigenvalue weighted by molar-refractivity contribution is 0.959. The standard InChI is InChI=1S/C17H18ClN3S/c18-13-7-12-16(14-8-3-1-4-9-14)20-21-17(22)19-15-10-5-2-6-11-15/h1-6,8-11H,7,12-13H2,(H2,19,21,22). The van der Waals surface area contributed by atoms with Crippen molar-refractivity contribution in [1.29, 1.82) is 0 Å². The van der Waals surface area contributed by atoms with Gasteiger partial charge in [-0.25, -0.2) is 0 Å². The van der Waals surface area contributed by atoms with E-state index in [1.807, 2.05) is 60.7 Å². The Kier molecular flexibility index (Phi) is 6.87. The van der Waals surface area contributed by atoms with E-state index in [4.69, 9.17) is 23.8 Å². The van der Waals surface area contributed by atoms with Crippen LogP contribution in [0.25, 0.3) is 0 Å². The molecular weight excluding hydrogens is 314 g/mol. The summed E-state index contributed by atoms with van der Waals surface area (Å²) in [4.78, 5) is 0. The summed E-state index contributed by atoms with van der Waals surface area (Å²) >= 11 is 11.1. The number of nitrogens with zero attached hydrogens (tertiary/aromatic N) is 1. The highest BCUT2D eigenvalue weighted by Crippen LogP contribution is 2.08. The van der Waals surface area contributed by atoms with Crippen molar-refractivity contribution in [3.8, 4) is 0 Å². The van der Waals surface area contributed by atoms with Gasteiger partial charge in [0.2, 0.25) is 0 Å². The molecule has 2 N–H and O–H groups in total. The molecule has 0 aromatic heterocycles. The minimum Gasteiger partial charge on any atom is -0.331 e. The van der Waals surface area contributed by atoms with E-state index >= 15 is 0 Å². The van der Waals surface area contributed by atoms with Gasteiger partial charge < -0.3 is 5.32 Å². The summed E-state index contributed by atoms with van der Waals surface area (Å²) in [6.45, 7) is 0. The first-order valence-electron chi connectivity index (χ1n) is 7.09. The Bertz CT molecular complexity index is 614. The van der Waals surface area contributed by atoms with E-state index in [9.17, 15) is 0 Å². The first kappa shape index (κ1) is 16.5. The molecular formula is C17H18ClN3S. The highest BCUT2D eigenvalue weighted by atomic mass is 35.5. The van der Waals surface area contributed by atoms with E-state index in [0.717, 1.165) is 29.8 Å². The van der Waals surface area contributed by atoms with Gasteiger partial charge in [0.25, 0.3) is 0 Å². The molecule has 2 aromatic rings. The predicted octanol–water partition coefficient (Wildman–Crippen LogP) is 4.40. The van der Waals surface area contributed by atoms with E-state index in [-0.39, 0.29) is 0 Å². The quantitative estimate of drug-likeness (QED) is 0.356. The summed E-state index contributed by atoms with van der Waals surface area (Å²) in [7, 11) is 0. The third-order valence-corrected chi connectivity index (χ3v) is 3.44. The molecule has 5 heteroatoms. The first-order valence-corrected chi connectivity index (χ1v) is 8.04. The van der Waals surface area contributed by atoms with E-state index in [2.05, 4.69) is 15.8 Å². The van der Waals surface area contributed by atoms with Crippen LogP contribution in [0.1, 0.15) is 18.4 Å². The van der Waals surface area contributed by atoms with Gasteiger partial charge in [-0.2, -0.15) is 5.10 Å². The van der Waals surface area contributed by atoms with Gasteiger partial charge in [0, 0.05) is 11.6 Å². The van der Waals surface area contributed by atoms with Crippen molar-refractivity contribution in [1.82, 2.24) is 5.43 Å². The van der Waals surface area contributed by atoms with Gasteiger partial charge in [0.1, 0.15) is 0 Å². The summed E-state index contributed by atoms with van der Waals surface area (Å²) in [5.74, 6) is 0.610. The van der Waals surface area contributed by atoms with Crippen LogP contribution in [0.4, 0.5) is 5.69 Å². The molecule has 2 rings (SSSR count). The summed E-state index contributed by atoms with van der Waals surface area (Å²) in [5.41, 5.74) is 5.85. The van der Waals surface area contributed by atoms with Crippen LogP contribution in [0, 0.1) is 0 Å². The van der Waals surface area contributed by atoms with Crippen LogP contribution in [0.5, 0.6) is 0 Å². The van der Waals surface area contributed by atoms with Crippen LogP contribution in [0.15, 0.2) is 65.8 Å². The third kappa shape index (κ3) is 5.47. The van der Waals surface area contributed by atoms with Crippen molar-refractivity contribution in [2.75, 3.05) is 11.2 Å². The summed E-state index contributed by atoms with van der Waals surface area (Å²) in [6, 6.07) is 19.8. The second kappa shape index (κ2) is 9.18. The smallest absolute Gasteiger partial charge is 0.191 e. The second-order valence-electron chi connectivity index (χ2n) is 4.65. The summed E-state index contributed by atoms with van der Waals surface area (Å²) in [5, 5.41) is 7.99. The molecule has 0 bridgehead atoms. The molecule has 0 heterocycles. The Morgan fingerprint density at radius 1 is 1.00 bits per heavy atom. The molecule has 0 saturated carbocycles. The highest BCUT2D eigenvalue weighted by molar-refractivity contribution is 7.80. The van der Waals surface area contributed by atoms with E-state index < -0.39 is 0 Å². The first-order chi connectivity index (χ1) is 10.8. The van der Waals surface area contributed by atoms with Crippen molar-refractivity contribution in [2.24, 2.45) is 5.10 Å². The van der Waals surface area contributed by atoms with Gasteiger partial charge >= 0.3 is 0 Å². The van der Waals surface area contributed by atoms with Crippen LogP contribution < -0.4 is 10.7 Å². The molecule has 0 fully saturated rings. The number of anilines is 1. The minimum atomic E-state index is 0.463. The predicted molar refractivity (Wildman–Crippen MR) is 98.7 cm³/mol. The maximum Gasteiger partial charge on any atom is 0.191 e. The van der Waals surface area contributed by atoms with Gasteiger partial charge in [0.05, 0.1) is 5.71 Å². The van der Waals surface area contributed by atoms with Crippen molar-refractivity contribution >= 4 is 40.3 Å². The number of rotatable bonds is 6. The fraction of sp³-hybridized carbons (Fsp3) is 0.176. The molecule has 0 spiro atoms. The lowest BCUT2D eigenvalue weighted by Crippen LogP contribution is -2.25.